The van der Waals surface area contributed by atoms with E-state index in [9.17, 15) is 4.39 Å². The van der Waals surface area contributed by atoms with Crippen LogP contribution >= 0.6 is 22.9 Å². The minimum absolute atomic E-state index is 0.128. The van der Waals surface area contributed by atoms with Gasteiger partial charge in [0.15, 0.2) is 0 Å². The number of nitrogens with one attached hydrogen (secondary N) is 1. The summed E-state index contributed by atoms with van der Waals surface area (Å²) in [5.41, 5.74) is 3.58. The minimum atomic E-state index is -0.350. The van der Waals surface area contributed by atoms with E-state index >= 15 is 0 Å². The zero-order valence-corrected chi connectivity index (χ0v) is 14.8. The quantitative estimate of drug-likeness (QED) is 0.437. The van der Waals surface area contributed by atoms with Crippen LogP contribution in [0.1, 0.15) is 5.56 Å². The maximum absolute atomic E-state index is 14.0. The molecule has 4 aromatic rings. The van der Waals surface area contributed by atoms with Crippen LogP contribution in [-0.2, 0) is 0 Å². The highest BCUT2D eigenvalue weighted by Gasteiger charge is 2.16. The smallest absolute Gasteiger partial charge is 0.225 e. The van der Waals surface area contributed by atoms with Crippen LogP contribution in [0.25, 0.3) is 21.3 Å². The second-order valence-corrected chi connectivity index (χ2v) is 6.84. The van der Waals surface area contributed by atoms with Gasteiger partial charge in [-0.05, 0) is 36.2 Å². The highest BCUT2D eigenvalue weighted by Crippen LogP contribution is 2.38. The van der Waals surface area contributed by atoms with Crippen molar-refractivity contribution < 1.29 is 4.39 Å². The monoisotopic (exact) mass is 369 g/mol. The molecule has 0 spiro atoms. The number of halogens is 2. The third-order valence-electron chi connectivity index (χ3n) is 3.90. The Balaban J connectivity index is 1.89. The first-order chi connectivity index (χ1) is 12.1. The largest absolute Gasteiger partial charge is 0.337 e. The van der Waals surface area contributed by atoms with Crippen LogP contribution in [0.5, 0.6) is 0 Å². The Kier molecular flexibility index (Phi) is 4.11. The summed E-state index contributed by atoms with van der Waals surface area (Å²) in [6, 6.07) is 14.7. The summed E-state index contributed by atoms with van der Waals surface area (Å²) in [6.07, 6.45) is 0. The Morgan fingerprint density at radius 3 is 2.56 bits per heavy atom. The minimum Gasteiger partial charge on any atom is -0.337 e. The molecule has 0 aliphatic rings. The summed E-state index contributed by atoms with van der Waals surface area (Å²) in [5, 5.41) is 6.04. The summed E-state index contributed by atoms with van der Waals surface area (Å²) in [6.45, 7) is 2.05. The van der Waals surface area contributed by atoms with Gasteiger partial charge in [-0.25, -0.2) is 9.37 Å². The number of thiophene rings is 1. The van der Waals surface area contributed by atoms with E-state index in [-0.39, 0.29) is 11.1 Å². The molecule has 2 heterocycles. The first kappa shape index (κ1) is 16.0. The molecule has 2 aromatic carbocycles. The normalized spacial score (nSPS) is 11.0. The molecule has 2 aromatic heterocycles. The topological polar surface area (TPSA) is 37.8 Å². The Hall–Kier alpha value is -2.50. The second kappa shape index (κ2) is 6.43. The fourth-order valence-electron chi connectivity index (χ4n) is 2.64. The van der Waals surface area contributed by atoms with Crippen LogP contribution in [0, 0.1) is 12.7 Å². The Labute approximate surface area is 153 Å². The van der Waals surface area contributed by atoms with Crippen molar-refractivity contribution in [2.24, 2.45) is 0 Å². The summed E-state index contributed by atoms with van der Waals surface area (Å²) in [4.78, 5) is 9.36. The van der Waals surface area contributed by atoms with E-state index in [2.05, 4.69) is 39.6 Å². The number of hydrogen-bond acceptors (Lipinski definition) is 4. The van der Waals surface area contributed by atoms with Crippen LogP contribution in [0.15, 0.2) is 53.9 Å². The SMILES string of the molecule is Cc1ccc(-c2csc3nc(Cl)nc(Nc4ccccc4F)c23)cc1. The zero-order valence-electron chi connectivity index (χ0n) is 13.3. The van der Waals surface area contributed by atoms with Gasteiger partial charge in [0.25, 0.3) is 0 Å². The first-order valence-electron chi connectivity index (χ1n) is 7.65. The van der Waals surface area contributed by atoms with Crippen molar-refractivity contribution in [1.29, 1.82) is 0 Å². The Bertz CT molecular complexity index is 1060. The predicted octanol–water partition coefficient (Wildman–Crippen LogP) is 6.20. The third kappa shape index (κ3) is 3.08. The molecule has 0 fully saturated rings. The number of aryl methyl sites for hydroxylation is 1. The van der Waals surface area contributed by atoms with Gasteiger partial charge in [-0.2, -0.15) is 4.98 Å². The molecule has 1 N–H and O–H groups in total. The molecule has 25 heavy (non-hydrogen) atoms. The van der Waals surface area contributed by atoms with Gasteiger partial charge < -0.3 is 5.32 Å². The van der Waals surface area contributed by atoms with E-state index in [1.54, 1.807) is 18.2 Å². The lowest BCUT2D eigenvalue weighted by atomic mass is 10.0. The summed E-state index contributed by atoms with van der Waals surface area (Å²) in [5.74, 6) is 0.148. The molecular weight excluding hydrogens is 357 g/mol. The van der Waals surface area contributed by atoms with Crippen LogP contribution in [0.2, 0.25) is 5.28 Å². The Morgan fingerprint density at radius 2 is 1.80 bits per heavy atom. The van der Waals surface area contributed by atoms with E-state index in [0.717, 1.165) is 21.3 Å². The average Bonchev–Trinajstić information content (AvgIpc) is 3.01. The maximum Gasteiger partial charge on any atom is 0.225 e. The number of aromatic nitrogens is 2. The molecule has 0 aliphatic carbocycles. The summed E-state index contributed by atoms with van der Waals surface area (Å²) < 4.78 is 14.0. The van der Waals surface area contributed by atoms with Crippen molar-refractivity contribution in [1.82, 2.24) is 9.97 Å². The van der Waals surface area contributed by atoms with Crippen LogP contribution in [0.4, 0.5) is 15.9 Å². The van der Waals surface area contributed by atoms with E-state index in [0.29, 0.717) is 11.5 Å². The van der Waals surface area contributed by atoms with Gasteiger partial charge in [-0.3, -0.25) is 0 Å². The standard InChI is InChI=1S/C19H13ClFN3S/c1-11-6-8-12(9-7-11)13-10-25-18-16(13)17(23-19(20)24-18)22-15-5-3-2-4-14(15)21/h2-10H,1H3,(H,22,23,24). The van der Waals surface area contributed by atoms with Crippen molar-refractivity contribution in [3.8, 4) is 11.1 Å². The van der Waals surface area contributed by atoms with E-state index < -0.39 is 0 Å². The molecule has 0 atom stereocenters. The zero-order chi connectivity index (χ0) is 17.4. The van der Waals surface area contributed by atoms with Crippen molar-refractivity contribution in [3.05, 3.63) is 70.6 Å². The molecule has 0 unspecified atom stereocenters. The predicted molar refractivity (Wildman–Crippen MR) is 102 cm³/mol. The molecule has 0 saturated heterocycles. The van der Waals surface area contributed by atoms with Gasteiger partial charge in [0.05, 0.1) is 11.1 Å². The highest BCUT2D eigenvalue weighted by molar-refractivity contribution is 7.17. The van der Waals surface area contributed by atoms with Crippen LogP contribution in [0.3, 0.4) is 0 Å². The lowest BCUT2D eigenvalue weighted by Gasteiger charge is -2.10. The van der Waals surface area contributed by atoms with Crippen LogP contribution in [-0.4, -0.2) is 9.97 Å². The number of fused-ring (bicyclic) bond motifs is 1. The highest BCUT2D eigenvalue weighted by atomic mass is 35.5. The van der Waals surface area contributed by atoms with E-state index in [1.807, 2.05) is 12.3 Å². The molecule has 124 valence electrons. The number of benzene rings is 2. The number of hydrogen-bond donors (Lipinski definition) is 1. The van der Waals surface area contributed by atoms with Crippen molar-refractivity contribution in [2.75, 3.05) is 5.32 Å². The molecule has 0 bridgehead atoms. The molecule has 4 rings (SSSR count). The fourth-order valence-corrected chi connectivity index (χ4v) is 3.81. The summed E-state index contributed by atoms with van der Waals surface area (Å²) in [7, 11) is 0. The lowest BCUT2D eigenvalue weighted by Crippen LogP contribution is -1.98. The first-order valence-corrected chi connectivity index (χ1v) is 8.91. The molecular formula is C19H13ClFN3S. The molecule has 0 saturated carbocycles. The molecule has 3 nitrogen and oxygen atoms in total. The Morgan fingerprint density at radius 1 is 1.04 bits per heavy atom. The third-order valence-corrected chi connectivity index (χ3v) is 4.94. The molecule has 0 aliphatic heterocycles. The van der Waals surface area contributed by atoms with Crippen molar-refractivity contribution in [3.63, 3.8) is 0 Å². The van der Waals surface area contributed by atoms with Gasteiger partial charge in [0.2, 0.25) is 5.28 Å². The van der Waals surface area contributed by atoms with Crippen molar-refractivity contribution >= 4 is 44.7 Å². The maximum atomic E-state index is 14.0. The molecule has 6 heteroatoms. The van der Waals surface area contributed by atoms with Gasteiger partial charge in [-0.15, -0.1) is 11.3 Å². The average molecular weight is 370 g/mol. The number of nitrogens with zero attached hydrogens (tertiary/aromatic N) is 2. The summed E-state index contributed by atoms with van der Waals surface area (Å²) >= 11 is 7.54. The fraction of sp³-hybridized carbons (Fsp3) is 0.0526. The van der Waals surface area contributed by atoms with Gasteiger partial charge in [0.1, 0.15) is 16.5 Å². The van der Waals surface area contributed by atoms with Gasteiger partial charge in [0, 0.05) is 10.9 Å². The second-order valence-electron chi connectivity index (χ2n) is 5.64. The number of para-hydroxylation sites is 1. The molecule has 0 amide bonds. The van der Waals surface area contributed by atoms with Gasteiger partial charge in [-0.1, -0.05) is 42.0 Å². The van der Waals surface area contributed by atoms with E-state index in [4.69, 9.17) is 11.6 Å². The van der Waals surface area contributed by atoms with Crippen molar-refractivity contribution in [2.45, 2.75) is 6.92 Å². The van der Waals surface area contributed by atoms with Gasteiger partial charge >= 0.3 is 0 Å². The number of rotatable bonds is 3. The lowest BCUT2D eigenvalue weighted by molar-refractivity contribution is 0.632. The molecule has 0 radical (unpaired) electrons. The van der Waals surface area contributed by atoms with Crippen LogP contribution < -0.4 is 5.32 Å². The number of anilines is 2. The van der Waals surface area contributed by atoms with E-state index in [1.165, 1.54) is 23.0 Å².